The van der Waals surface area contributed by atoms with E-state index in [1.807, 2.05) is 0 Å². The molecule has 22 heavy (non-hydrogen) atoms. The molecule has 120 valence electrons. The van der Waals surface area contributed by atoms with Gasteiger partial charge in [-0.05, 0) is 12.8 Å². The maximum absolute atomic E-state index is 15.0. The van der Waals surface area contributed by atoms with E-state index in [-0.39, 0.29) is 30.8 Å². The number of rotatable bonds is 4. The van der Waals surface area contributed by atoms with Crippen molar-refractivity contribution in [3.8, 4) is 0 Å². The second kappa shape index (κ2) is 6.06. The molecule has 1 aromatic heterocycles. The SMILES string of the molecule is C=CCNC(=O)N1CCC(F)(c2nc(C3CCCC3)no2)C1. The van der Waals surface area contributed by atoms with Crippen LogP contribution in [0.25, 0.3) is 0 Å². The number of hydrogen-bond acceptors (Lipinski definition) is 4. The summed E-state index contributed by atoms with van der Waals surface area (Å²) in [5.74, 6) is 0.905. The summed E-state index contributed by atoms with van der Waals surface area (Å²) in [6, 6.07) is -0.296. The van der Waals surface area contributed by atoms with Crippen molar-refractivity contribution in [3.05, 3.63) is 24.4 Å². The highest BCUT2D eigenvalue weighted by Crippen LogP contribution is 2.37. The summed E-state index contributed by atoms with van der Waals surface area (Å²) in [5.41, 5.74) is -1.74. The Morgan fingerprint density at radius 3 is 3.05 bits per heavy atom. The van der Waals surface area contributed by atoms with Crippen molar-refractivity contribution in [2.75, 3.05) is 19.6 Å². The van der Waals surface area contributed by atoms with Gasteiger partial charge in [0.15, 0.2) is 5.82 Å². The van der Waals surface area contributed by atoms with Crippen molar-refractivity contribution >= 4 is 6.03 Å². The topological polar surface area (TPSA) is 71.3 Å². The number of likely N-dealkylation sites (tertiary alicyclic amines) is 1. The zero-order chi connectivity index (χ0) is 15.6. The predicted octanol–water partition coefficient (Wildman–Crippen LogP) is 2.49. The molecule has 1 aliphatic carbocycles. The smallest absolute Gasteiger partial charge is 0.317 e. The fourth-order valence-corrected chi connectivity index (χ4v) is 3.16. The summed E-state index contributed by atoms with van der Waals surface area (Å²) in [6.45, 7) is 4.18. The highest BCUT2D eigenvalue weighted by atomic mass is 19.1. The molecule has 1 saturated carbocycles. The standard InChI is InChI=1S/C15H21FN4O2/c1-2-8-17-14(21)20-9-7-15(16,10-20)13-18-12(19-22-13)11-5-3-4-6-11/h2,11H,1,3-10H2,(H,17,21). The average molecular weight is 308 g/mol. The number of alkyl halides is 1. The summed E-state index contributed by atoms with van der Waals surface area (Å²) in [4.78, 5) is 17.6. The Morgan fingerprint density at radius 1 is 1.55 bits per heavy atom. The molecule has 2 aliphatic rings. The quantitative estimate of drug-likeness (QED) is 0.868. The Labute approximate surface area is 128 Å². The number of aromatic nitrogens is 2. The van der Waals surface area contributed by atoms with E-state index in [1.54, 1.807) is 6.08 Å². The lowest BCUT2D eigenvalue weighted by atomic mass is 10.1. The second-order valence-electron chi connectivity index (χ2n) is 6.05. The molecular formula is C15H21FN4O2. The van der Waals surface area contributed by atoms with Crippen LogP contribution in [0.15, 0.2) is 17.2 Å². The van der Waals surface area contributed by atoms with Crippen molar-refractivity contribution in [2.24, 2.45) is 0 Å². The molecule has 2 amide bonds. The maximum atomic E-state index is 15.0. The van der Waals surface area contributed by atoms with Crippen molar-refractivity contribution in [2.45, 2.75) is 43.7 Å². The first-order chi connectivity index (χ1) is 10.6. The normalized spacial score (nSPS) is 25.6. The van der Waals surface area contributed by atoms with Crippen LogP contribution in [0, 0.1) is 0 Å². The molecular weight excluding hydrogens is 287 g/mol. The van der Waals surface area contributed by atoms with Gasteiger partial charge in [-0.1, -0.05) is 24.1 Å². The van der Waals surface area contributed by atoms with E-state index in [9.17, 15) is 4.79 Å². The summed E-state index contributed by atoms with van der Waals surface area (Å²) in [6.07, 6.45) is 6.16. The number of nitrogens with zero attached hydrogens (tertiary/aromatic N) is 3. The number of carbonyl (C=O) groups excluding carboxylic acids is 1. The second-order valence-corrected chi connectivity index (χ2v) is 6.05. The van der Waals surface area contributed by atoms with E-state index in [0.717, 1.165) is 25.7 Å². The Balaban J connectivity index is 1.66. The van der Waals surface area contributed by atoms with Gasteiger partial charge in [-0.15, -0.1) is 6.58 Å². The van der Waals surface area contributed by atoms with Gasteiger partial charge in [-0.2, -0.15) is 4.98 Å². The number of carbonyl (C=O) groups is 1. The van der Waals surface area contributed by atoms with Crippen LogP contribution < -0.4 is 5.32 Å². The third-order valence-corrected chi connectivity index (χ3v) is 4.45. The highest BCUT2D eigenvalue weighted by molar-refractivity contribution is 5.74. The van der Waals surface area contributed by atoms with Gasteiger partial charge in [-0.3, -0.25) is 0 Å². The van der Waals surface area contributed by atoms with Gasteiger partial charge in [0.1, 0.15) is 0 Å². The zero-order valence-electron chi connectivity index (χ0n) is 12.6. The molecule has 3 rings (SSSR count). The molecule has 1 aromatic rings. The molecule has 0 spiro atoms. The first-order valence-corrected chi connectivity index (χ1v) is 7.79. The first-order valence-electron chi connectivity index (χ1n) is 7.79. The number of nitrogens with one attached hydrogen (secondary N) is 1. The van der Waals surface area contributed by atoms with Gasteiger partial charge in [0, 0.05) is 25.4 Å². The fraction of sp³-hybridized carbons (Fsp3) is 0.667. The van der Waals surface area contributed by atoms with Gasteiger partial charge in [0.05, 0.1) is 6.54 Å². The summed E-state index contributed by atoms with van der Waals surface area (Å²) >= 11 is 0. The monoisotopic (exact) mass is 308 g/mol. The number of hydrogen-bond donors (Lipinski definition) is 1. The lowest BCUT2D eigenvalue weighted by Gasteiger charge is -2.18. The summed E-state index contributed by atoms with van der Waals surface area (Å²) < 4.78 is 20.2. The van der Waals surface area contributed by atoms with Crippen LogP contribution in [0.5, 0.6) is 0 Å². The van der Waals surface area contributed by atoms with Crippen molar-refractivity contribution in [1.29, 1.82) is 0 Å². The third kappa shape index (κ3) is 2.84. The van der Waals surface area contributed by atoms with E-state index in [2.05, 4.69) is 22.0 Å². The van der Waals surface area contributed by atoms with Crippen molar-refractivity contribution in [3.63, 3.8) is 0 Å². The maximum Gasteiger partial charge on any atom is 0.317 e. The molecule has 1 atom stereocenters. The molecule has 1 saturated heterocycles. The van der Waals surface area contributed by atoms with Crippen LogP contribution in [0.3, 0.4) is 0 Å². The Hall–Kier alpha value is -1.92. The molecule has 0 aromatic carbocycles. The Morgan fingerprint density at radius 2 is 2.32 bits per heavy atom. The van der Waals surface area contributed by atoms with Gasteiger partial charge >= 0.3 is 6.03 Å². The van der Waals surface area contributed by atoms with Crippen LogP contribution in [-0.4, -0.2) is 40.7 Å². The molecule has 7 heteroatoms. The van der Waals surface area contributed by atoms with Gasteiger partial charge in [0.25, 0.3) is 5.89 Å². The minimum atomic E-state index is -1.74. The van der Waals surface area contributed by atoms with E-state index < -0.39 is 5.67 Å². The van der Waals surface area contributed by atoms with Crippen molar-refractivity contribution in [1.82, 2.24) is 20.4 Å². The average Bonchev–Trinajstić information content (AvgIpc) is 3.23. The predicted molar refractivity (Wildman–Crippen MR) is 78.1 cm³/mol. The van der Waals surface area contributed by atoms with Crippen LogP contribution in [0.2, 0.25) is 0 Å². The van der Waals surface area contributed by atoms with Gasteiger partial charge < -0.3 is 14.7 Å². The minimum absolute atomic E-state index is 0.00780. The van der Waals surface area contributed by atoms with Crippen LogP contribution >= 0.6 is 0 Å². The van der Waals surface area contributed by atoms with Gasteiger partial charge in [0.2, 0.25) is 5.67 Å². The van der Waals surface area contributed by atoms with Crippen molar-refractivity contribution < 1.29 is 13.7 Å². The Kier molecular flexibility index (Phi) is 4.13. The van der Waals surface area contributed by atoms with E-state index >= 15 is 4.39 Å². The molecule has 1 unspecified atom stereocenters. The first kappa shape index (κ1) is 15.0. The largest absolute Gasteiger partial charge is 0.336 e. The Bertz CT molecular complexity index is 555. The lowest BCUT2D eigenvalue weighted by Crippen LogP contribution is -2.40. The van der Waals surface area contributed by atoms with Gasteiger partial charge in [-0.25, -0.2) is 9.18 Å². The molecule has 1 N–H and O–H groups in total. The molecule has 6 nitrogen and oxygen atoms in total. The number of halogens is 1. The molecule has 0 radical (unpaired) electrons. The molecule has 2 heterocycles. The van der Waals surface area contributed by atoms with Crippen LogP contribution in [-0.2, 0) is 5.67 Å². The minimum Gasteiger partial charge on any atom is -0.336 e. The summed E-state index contributed by atoms with van der Waals surface area (Å²) in [5, 5.41) is 6.60. The van der Waals surface area contributed by atoms with Crippen LogP contribution in [0.4, 0.5) is 9.18 Å². The number of urea groups is 1. The molecule has 1 aliphatic heterocycles. The highest BCUT2D eigenvalue weighted by Gasteiger charge is 2.46. The molecule has 2 fully saturated rings. The van der Waals surface area contributed by atoms with E-state index in [4.69, 9.17) is 4.52 Å². The number of amides is 2. The lowest BCUT2D eigenvalue weighted by molar-refractivity contribution is 0.119. The zero-order valence-corrected chi connectivity index (χ0v) is 12.6. The fourth-order valence-electron chi connectivity index (χ4n) is 3.16. The molecule has 0 bridgehead atoms. The van der Waals surface area contributed by atoms with E-state index in [1.165, 1.54) is 4.90 Å². The third-order valence-electron chi connectivity index (χ3n) is 4.45. The van der Waals surface area contributed by atoms with E-state index in [0.29, 0.717) is 18.9 Å². The summed E-state index contributed by atoms with van der Waals surface area (Å²) in [7, 11) is 0. The van der Waals surface area contributed by atoms with Crippen LogP contribution in [0.1, 0.15) is 49.7 Å².